The zero-order valence-electron chi connectivity index (χ0n) is 13.7. The number of halogens is 3. The fourth-order valence-electron chi connectivity index (χ4n) is 2.90. The van der Waals surface area contributed by atoms with Gasteiger partial charge in [0.2, 0.25) is 0 Å². The van der Waals surface area contributed by atoms with Gasteiger partial charge in [-0.3, -0.25) is 4.79 Å². The molecule has 0 saturated carbocycles. The Bertz CT molecular complexity index is 1090. The van der Waals surface area contributed by atoms with E-state index in [0.717, 1.165) is 39.6 Å². The number of hydrogen-bond donors (Lipinski definition) is 0. The molecule has 0 aliphatic heterocycles. The number of benzene rings is 1. The molecule has 0 N–H and O–H groups in total. The van der Waals surface area contributed by atoms with E-state index >= 15 is 0 Å². The Morgan fingerprint density at radius 3 is 2.30 bits per heavy atom. The lowest BCUT2D eigenvalue weighted by molar-refractivity contribution is -0.137. The number of aromatic nitrogens is 1. The molecule has 0 unspecified atom stereocenters. The molecule has 0 aliphatic rings. The second-order valence-corrected chi connectivity index (χ2v) is 7.85. The predicted octanol–water partition coefficient (Wildman–Crippen LogP) is 6.77. The molecule has 0 fully saturated rings. The van der Waals surface area contributed by atoms with Gasteiger partial charge in [0, 0.05) is 5.69 Å². The minimum Gasteiger partial charge on any atom is -0.308 e. The van der Waals surface area contributed by atoms with Crippen molar-refractivity contribution >= 4 is 29.0 Å². The number of alkyl halides is 3. The van der Waals surface area contributed by atoms with Crippen LogP contribution in [0, 0.1) is 0 Å². The quantitative estimate of drug-likeness (QED) is 0.345. The van der Waals surface area contributed by atoms with Crippen LogP contribution in [0.25, 0.3) is 26.8 Å². The van der Waals surface area contributed by atoms with Gasteiger partial charge in [0.05, 0.1) is 31.6 Å². The van der Waals surface area contributed by atoms with Crippen molar-refractivity contribution in [1.29, 1.82) is 0 Å². The first-order valence-corrected chi connectivity index (χ1v) is 9.65. The summed E-state index contributed by atoms with van der Waals surface area (Å²) in [6.07, 6.45) is -3.65. The highest BCUT2D eigenvalue weighted by Gasteiger charge is 2.31. The van der Waals surface area contributed by atoms with Gasteiger partial charge in [-0.1, -0.05) is 12.1 Å². The van der Waals surface area contributed by atoms with Crippen LogP contribution in [0.4, 0.5) is 13.2 Å². The number of hydrogen-bond acceptors (Lipinski definition) is 3. The van der Waals surface area contributed by atoms with Gasteiger partial charge in [0.25, 0.3) is 0 Å². The molecule has 0 amide bonds. The van der Waals surface area contributed by atoms with Crippen LogP contribution in [0.5, 0.6) is 0 Å². The Labute approximate surface area is 161 Å². The number of carbonyl (C=O) groups is 1. The second-order valence-electron chi connectivity index (χ2n) is 5.78. The Morgan fingerprint density at radius 1 is 0.889 bits per heavy atom. The van der Waals surface area contributed by atoms with Crippen LogP contribution in [0.1, 0.15) is 15.2 Å². The number of thiophene rings is 2. The topological polar surface area (TPSA) is 22.0 Å². The van der Waals surface area contributed by atoms with Crippen molar-refractivity contribution in [3.63, 3.8) is 0 Å². The Kier molecular flexibility index (Phi) is 4.49. The van der Waals surface area contributed by atoms with E-state index in [2.05, 4.69) is 0 Å². The van der Waals surface area contributed by atoms with Crippen molar-refractivity contribution in [3.05, 3.63) is 76.5 Å². The van der Waals surface area contributed by atoms with Crippen LogP contribution in [-0.2, 0) is 6.18 Å². The lowest BCUT2D eigenvalue weighted by Crippen LogP contribution is -2.06. The van der Waals surface area contributed by atoms with Gasteiger partial charge in [0.15, 0.2) is 6.29 Å². The SMILES string of the molecule is O=Cc1ccc(-c2ccc(-c3cccs3)n2-c2cccc(C(F)(F)F)c2)s1. The van der Waals surface area contributed by atoms with Crippen LogP contribution in [0.15, 0.2) is 66.0 Å². The van der Waals surface area contributed by atoms with Crippen LogP contribution in [-0.4, -0.2) is 10.9 Å². The molecule has 0 radical (unpaired) electrons. The molecule has 136 valence electrons. The number of nitrogens with zero attached hydrogens (tertiary/aromatic N) is 1. The summed E-state index contributed by atoms with van der Waals surface area (Å²) in [7, 11) is 0. The lowest BCUT2D eigenvalue weighted by Gasteiger charge is -2.15. The van der Waals surface area contributed by atoms with E-state index in [1.165, 1.54) is 28.7 Å². The van der Waals surface area contributed by atoms with Crippen molar-refractivity contribution < 1.29 is 18.0 Å². The third-order valence-electron chi connectivity index (χ3n) is 4.08. The maximum absolute atomic E-state index is 13.2. The molecular formula is C20H12F3NOS2. The molecule has 2 nitrogen and oxygen atoms in total. The maximum atomic E-state index is 13.2. The molecule has 0 spiro atoms. The highest BCUT2D eigenvalue weighted by Crippen LogP contribution is 2.38. The molecule has 4 aromatic rings. The van der Waals surface area contributed by atoms with Crippen molar-refractivity contribution in [1.82, 2.24) is 4.57 Å². The van der Waals surface area contributed by atoms with Crippen LogP contribution in [0.3, 0.4) is 0 Å². The van der Waals surface area contributed by atoms with E-state index in [9.17, 15) is 18.0 Å². The lowest BCUT2D eigenvalue weighted by atomic mass is 10.2. The minimum absolute atomic E-state index is 0.425. The monoisotopic (exact) mass is 403 g/mol. The summed E-state index contributed by atoms with van der Waals surface area (Å²) in [6, 6.07) is 16.4. The smallest absolute Gasteiger partial charge is 0.308 e. The van der Waals surface area contributed by atoms with Crippen LogP contribution >= 0.6 is 22.7 Å². The van der Waals surface area contributed by atoms with Crippen molar-refractivity contribution in [2.75, 3.05) is 0 Å². The van der Waals surface area contributed by atoms with Crippen LogP contribution < -0.4 is 0 Å². The number of carbonyl (C=O) groups excluding carboxylic acids is 1. The molecule has 0 bridgehead atoms. The normalized spacial score (nSPS) is 11.7. The van der Waals surface area contributed by atoms with E-state index in [1.807, 2.05) is 40.3 Å². The molecule has 7 heteroatoms. The number of rotatable bonds is 4. The van der Waals surface area contributed by atoms with Gasteiger partial charge in [-0.15, -0.1) is 22.7 Å². The summed E-state index contributed by atoms with van der Waals surface area (Å²) in [6.45, 7) is 0. The first-order chi connectivity index (χ1) is 13.0. The zero-order chi connectivity index (χ0) is 19.0. The average molecular weight is 403 g/mol. The fraction of sp³-hybridized carbons (Fsp3) is 0.0500. The van der Waals surface area contributed by atoms with Gasteiger partial charge >= 0.3 is 6.18 Å². The van der Waals surface area contributed by atoms with Crippen molar-refractivity contribution in [2.45, 2.75) is 6.18 Å². The molecule has 3 heterocycles. The van der Waals surface area contributed by atoms with E-state index in [4.69, 9.17) is 0 Å². The van der Waals surface area contributed by atoms with Gasteiger partial charge in [0.1, 0.15) is 0 Å². The summed E-state index contributed by atoms with van der Waals surface area (Å²) in [4.78, 5) is 13.4. The first kappa shape index (κ1) is 17.8. The molecule has 1 aromatic carbocycles. The Hall–Kier alpha value is -2.64. The molecule has 27 heavy (non-hydrogen) atoms. The summed E-state index contributed by atoms with van der Waals surface area (Å²) in [5.74, 6) is 0. The summed E-state index contributed by atoms with van der Waals surface area (Å²) < 4.78 is 41.4. The zero-order valence-corrected chi connectivity index (χ0v) is 15.4. The summed E-state index contributed by atoms with van der Waals surface area (Å²) in [5.41, 5.74) is 1.28. The molecule has 0 aliphatic carbocycles. The standard InChI is InChI=1S/C20H12F3NOS2/c21-20(22,23)13-3-1-4-14(11-13)24-16(18-5-2-10-26-18)7-8-17(24)19-9-6-15(12-25)27-19/h1-12H. The fourth-order valence-corrected chi connectivity index (χ4v) is 4.48. The highest BCUT2D eigenvalue weighted by atomic mass is 32.1. The van der Waals surface area contributed by atoms with E-state index in [1.54, 1.807) is 12.1 Å². The second kappa shape index (κ2) is 6.83. The van der Waals surface area contributed by atoms with Gasteiger partial charge in [-0.2, -0.15) is 13.2 Å². The van der Waals surface area contributed by atoms with Gasteiger partial charge < -0.3 is 4.57 Å². The largest absolute Gasteiger partial charge is 0.416 e. The average Bonchev–Trinajstić information content (AvgIpc) is 3.39. The Morgan fingerprint density at radius 2 is 1.67 bits per heavy atom. The third-order valence-corrected chi connectivity index (χ3v) is 6.01. The van der Waals surface area contributed by atoms with Gasteiger partial charge in [-0.25, -0.2) is 0 Å². The summed E-state index contributed by atoms with van der Waals surface area (Å²) >= 11 is 2.82. The van der Waals surface area contributed by atoms with Crippen molar-refractivity contribution in [3.8, 4) is 26.8 Å². The molecular weight excluding hydrogens is 391 g/mol. The summed E-state index contributed by atoms with van der Waals surface area (Å²) in [5, 5.41) is 1.92. The molecule has 0 saturated heterocycles. The third kappa shape index (κ3) is 3.36. The van der Waals surface area contributed by atoms with E-state index in [-0.39, 0.29) is 0 Å². The first-order valence-electron chi connectivity index (χ1n) is 7.96. The predicted molar refractivity (Wildman–Crippen MR) is 103 cm³/mol. The molecule has 4 rings (SSSR count). The van der Waals surface area contributed by atoms with Crippen LogP contribution in [0.2, 0.25) is 0 Å². The minimum atomic E-state index is -4.42. The highest BCUT2D eigenvalue weighted by molar-refractivity contribution is 7.17. The Balaban J connectivity index is 1.94. The van der Waals surface area contributed by atoms with Crippen molar-refractivity contribution in [2.24, 2.45) is 0 Å². The molecule has 0 atom stereocenters. The van der Waals surface area contributed by atoms with E-state index < -0.39 is 11.7 Å². The van der Waals surface area contributed by atoms with Gasteiger partial charge in [-0.05, 0) is 53.9 Å². The van der Waals surface area contributed by atoms with E-state index in [0.29, 0.717) is 10.6 Å². The number of aldehydes is 1. The molecule has 3 aromatic heterocycles. The maximum Gasteiger partial charge on any atom is 0.416 e.